The summed E-state index contributed by atoms with van der Waals surface area (Å²) < 4.78 is 38.6. The SMILES string of the molecule is NC(CCl)=Nc1c(Br)cc(F)c(F)c1F. The molecule has 0 aromatic heterocycles. The van der Waals surface area contributed by atoms with E-state index in [1.807, 2.05) is 0 Å². The number of hydrogen-bond donors (Lipinski definition) is 1. The Bertz CT molecular complexity index is 423. The van der Waals surface area contributed by atoms with Crippen LogP contribution < -0.4 is 5.73 Å². The van der Waals surface area contributed by atoms with E-state index in [1.54, 1.807) is 0 Å². The number of aliphatic imine (C=N–C) groups is 1. The van der Waals surface area contributed by atoms with Gasteiger partial charge in [0.15, 0.2) is 17.5 Å². The molecule has 0 aliphatic carbocycles. The summed E-state index contributed by atoms with van der Waals surface area (Å²) in [5.41, 5.74) is 4.84. The Labute approximate surface area is 97.1 Å². The van der Waals surface area contributed by atoms with Crippen LogP contribution in [0.2, 0.25) is 0 Å². The van der Waals surface area contributed by atoms with E-state index in [1.165, 1.54) is 0 Å². The number of rotatable bonds is 2. The molecule has 1 aromatic carbocycles. The first-order chi connectivity index (χ1) is 6.97. The zero-order valence-corrected chi connectivity index (χ0v) is 9.54. The van der Waals surface area contributed by atoms with Crippen LogP contribution in [0.15, 0.2) is 15.5 Å². The van der Waals surface area contributed by atoms with Gasteiger partial charge in [-0.1, -0.05) is 0 Å². The van der Waals surface area contributed by atoms with E-state index in [2.05, 4.69) is 20.9 Å². The van der Waals surface area contributed by atoms with Gasteiger partial charge in [-0.2, -0.15) is 0 Å². The average Bonchev–Trinajstić information content (AvgIpc) is 2.21. The molecule has 7 heteroatoms. The Morgan fingerprint density at radius 1 is 1.40 bits per heavy atom. The van der Waals surface area contributed by atoms with E-state index in [-0.39, 0.29) is 16.2 Å². The lowest BCUT2D eigenvalue weighted by Crippen LogP contribution is -2.12. The minimum Gasteiger partial charge on any atom is -0.386 e. The average molecular weight is 301 g/mol. The molecule has 0 fully saturated rings. The Hall–Kier alpha value is -0.750. The monoisotopic (exact) mass is 300 g/mol. The van der Waals surface area contributed by atoms with Gasteiger partial charge in [0.05, 0.1) is 5.88 Å². The molecule has 2 N–H and O–H groups in total. The highest BCUT2D eigenvalue weighted by atomic mass is 79.9. The van der Waals surface area contributed by atoms with Crippen molar-refractivity contribution in [3.05, 3.63) is 28.0 Å². The molecule has 0 heterocycles. The zero-order valence-electron chi connectivity index (χ0n) is 7.20. The van der Waals surface area contributed by atoms with Crippen molar-refractivity contribution in [1.82, 2.24) is 0 Å². The van der Waals surface area contributed by atoms with Crippen LogP contribution in [0, 0.1) is 17.5 Å². The summed E-state index contributed by atoms with van der Waals surface area (Å²) in [6.45, 7) is 0. The van der Waals surface area contributed by atoms with Crippen molar-refractivity contribution < 1.29 is 13.2 Å². The smallest absolute Gasteiger partial charge is 0.196 e. The van der Waals surface area contributed by atoms with Crippen LogP contribution in [0.5, 0.6) is 0 Å². The van der Waals surface area contributed by atoms with Crippen molar-refractivity contribution in [2.45, 2.75) is 0 Å². The number of amidine groups is 1. The van der Waals surface area contributed by atoms with E-state index < -0.39 is 23.1 Å². The first kappa shape index (κ1) is 12.3. The van der Waals surface area contributed by atoms with Crippen LogP contribution >= 0.6 is 27.5 Å². The van der Waals surface area contributed by atoms with Crippen molar-refractivity contribution >= 4 is 39.1 Å². The molecule has 0 atom stereocenters. The first-order valence-corrected chi connectivity index (χ1v) is 5.02. The van der Waals surface area contributed by atoms with Gasteiger partial charge in [-0.3, -0.25) is 0 Å². The summed E-state index contributed by atoms with van der Waals surface area (Å²) in [5, 5.41) is 0. The maximum absolute atomic E-state index is 13.2. The number of nitrogens with two attached hydrogens (primary N) is 1. The molecule has 0 bridgehead atoms. The topological polar surface area (TPSA) is 38.4 Å². The van der Waals surface area contributed by atoms with Crippen LogP contribution in [0.25, 0.3) is 0 Å². The molecule has 1 aromatic rings. The van der Waals surface area contributed by atoms with E-state index >= 15 is 0 Å². The molecule has 15 heavy (non-hydrogen) atoms. The van der Waals surface area contributed by atoms with Gasteiger partial charge in [0.25, 0.3) is 0 Å². The van der Waals surface area contributed by atoms with Crippen molar-refractivity contribution in [3.8, 4) is 0 Å². The second kappa shape index (κ2) is 4.85. The Morgan fingerprint density at radius 2 is 2.00 bits per heavy atom. The number of hydrogen-bond acceptors (Lipinski definition) is 1. The lowest BCUT2D eigenvalue weighted by atomic mass is 10.3. The molecule has 0 spiro atoms. The van der Waals surface area contributed by atoms with Crippen LogP contribution in [0.4, 0.5) is 18.9 Å². The molecule has 82 valence electrons. The van der Waals surface area contributed by atoms with Gasteiger partial charge in [0.1, 0.15) is 11.5 Å². The summed E-state index contributed by atoms with van der Waals surface area (Å²) in [6.07, 6.45) is 0. The number of alkyl halides is 1. The Morgan fingerprint density at radius 3 is 2.53 bits per heavy atom. The van der Waals surface area contributed by atoms with Gasteiger partial charge in [-0.05, 0) is 22.0 Å². The van der Waals surface area contributed by atoms with Gasteiger partial charge in [0, 0.05) is 4.47 Å². The third kappa shape index (κ3) is 2.63. The minimum absolute atomic E-state index is 0.0352. The summed E-state index contributed by atoms with van der Waals surface area (Å²) in [5.74, 6) is -4.54. The fourth-order valence-electron chi connectivity index (χ4n) is 0.833. The molecular formula is C8H5BrClF3N2. The third-order valence-electron chi connectivity index (χ3n) is 1.48. The standard InChI is InChI=1S/C8H5BrClF3N2/c9-3-1-4(11)6(12)7(13)8(3)15-5(14)2-10/h1H,2H2,(H2,14,15). The van der Waals surface area contributed by atoms with Gasteiger partial charge in [0.2, 0.25) is 0 Å². The molecule has 0 radical (unpaired) electrons. The molecule has 0 aliphatic heterocycles. The third-order valence-corrected chi connectivity index (χ3v) is 2.36. The molecule has 0 aliphatic rings. The normalized spacial score (nSPS) is 11.9. The molecule has 1 rings (SSSR count). The summed E-state index contributed by atoms with van der Waals surface area (Å²) in [6, 6.07) is 0.763. The predicted octanol–water partition coefficient (Wildman–Crippen LogP) is 3.09. The van der Waals surface area contributed by atoms with Crippen LogP contribution in [-0.2, 0) is 0 Å². The number of benzene rings is 1. The van der Waals surface area contributed by atoms with E-state index in [4.69, 9.17) is 17.3 Å². The zero-order chi connectivity index (χ0) is 11.6. The van der Waals surface area contributed by atoms with E-state index in [9.17, 15) is 13.2 Å². The predicted molar refractivity (Wildman–Crippen MR) is 56.0 cm³/mol. The highest BCUT2D eigenvalue weighted by Gasteiger charge is 2.17. The van der Waals surface area contributed by atoms with Crippen LogP contribution in [-0.4, -0.2) is 11.7 Å². The lowest BCUT2D eigenvalue weighted by Gasteiger charge is -2.03. The Kier molecular flexibility index (Phi) is 3.98. The maximum atomic E-state index is 13.2. The fourth-order valence-corrected chi connectivity index (χ4v) is 1.36. The highest BCUT2D eigenvalue weighted by Crippen LogP contribution is 2.31. The highest BCUT2D eigenvalue weighted by molar-refractivity contribution is 9.10. The summed E-state index contributed by atoms with van der Waals surface area (Å²) in [7, 11) is 0. The Balaban J connectivity index is 3.36. The second-order valence-corrected chi connectivity index (χ2v) is 3.68. The first-order valence-electron chi connectivity index (χ1n) is 3.69. The van der Waals surface area contributed by atoms with Gasteiger partial charge < -0.3 is 5.73 Å². The maximum Gasteiger partial charge on any atom is 0.196 e. The molecule has 2 nitrogen and oxygen atoms in total. The molecule has 0 saturated carbocycles. The number of nitrogens with zero attached hydrogens (tertiary/aromatic N) is 1. The van der Waals surface area contributed by atoms with Crippen molar-refractivity contribution in [2.75, 3.05) is 5.88 Å². The van der Waals surface area contributed by atoms with Gasteiger partial charge >= 0.3 is 0 Å². The quantitative estimate of drug-likeness (QED) is 0.294. The fraction of sp³-hybridized carbons (Fsp3) is 0.125. The summed E-state index contributed by atoms with van der Waals surface area (Å²) >= 11 is 8.15. The molecular weight excluding hydrogens is 296 g/mol. The van der Waals surface area contributed by atoms with Crippen LogP contribution in [0.1, 0.15) is 0 Å². The molecule has 0 unspecified atom stereocenters. The van der Waals surface area contributed by atoms with Gasteiger partial charge in [-0.25, -0.2) is 18.2 Å². The van der Waals surface area contributed by atoms with E-state index in [0.29, 0.717) is 0 Å². The molecule has 0 amide bonds. The lowest BCUT2D eigenvalue weighted by molar-refractivity contribution is 0.448. The number of halogens is 5. The van der Waals surface area contributed by atoms with Crippen molar-refractivity contribution in [1.29, 1.82) is 0 Å². The van der Waals surface area contributed by atoms with Crippen molar-refractivity contribution in [2.24, 2.45) is 10.7 Å². The van der Waals surface area contributed by atoms with Crippen LogP contribution in [0.3, 0.4) is 0 Å². The van der Waals surface area contributed by atoms with Gasteiger partial charge in [-0.15, -0.1) is 11.6 Å². The van der Waals surface area contributed by atoms with Crippen molar-refractivity contribution in [3.63, 3.8) is 0 Å². The second-order valence-electron chi connectivity index (χ2n) is 2.55. The summed E-state index contributed by atoms with van der Waals surface area (Å²) in [4.78, 5) is 3.51. The largest absolute Gasteiger partial charge is 0.386 e. The molecule has 0 saturated heterocycles. The van der Waals surface area contributed by atoms with E-state index in [0.717, 1.165) is 6.07 Å². The minimum atomic E-state index is -1.60.